The molecule has 0 unspecified atom stereocenters. The van der Waals surface area contributed by atoms with E-state index in [0.717, 1.165) is 6.26 Å². The Labute approximate surface area is 75.3 Å². The second kappa shape index (κ2) is 3.80. The van der Waals surface area contributed by atoms with Crippen molar-refractivity contribution in [3.05, 3.63) is 41.1 Å². The molecule has 0 aliphatic carbocycles. The molecular weight excluding hydrogens is 174 g/mol. The Bertz CT molecular complexity index is 352. The van der Waals surface area contributed by atoms with Crippen molar-refractivity contribution in [2.45, 2.75) is 0 Å². The lowest BCUT2D eigenvalue weighted by Gasteiger charge is -1.96. The Morgan fingerprint density at radius 1 is 1.58 bits per heavy atom. The Morgan fingerprint density at radius 3 is 2.83 bits per heavy atom. The van der Waals surface area contributed by atoms with E-state index in [0.29, 0.717) is 10.6 Å². The summed E-state index contributed by atoms with van der Waals surface area (Å²) < 4.78 is 0. The summed E-state index contributed by atoms with van der Waals surface area (Å²) in [5.74, 6) is 0. The Hall–Kier alpha value is -1.46. The Balaban J connectivity index is 3.13. The van der Waals surface area contributed by atoms with Crippen molar-refractivity contribution in [2.75, 3.05) is 0 Å². The van der Waals surface area contributed by atoms with Gasteiger partial charge in [-0.05, 0) is 17.7 Å². The van der Waals surface area contributed by atoms with Gasteiger partial charge in [0.15, 0.2) is 0 Å². The summed E-state index contributed by atoms with van der Waals surface area (Å²) >= 11 is 5.68. The minimum Gasteiger partial charge on any atom is -0.514 e. The second-order valence-corrected chi connectivity index (χ2v) is 2.60. The SMILES string of the molecule is N#C/C(=C/O)c1cccc(Cl)c1. The molecule has 1 aromatic carbocycles. The first-order valence-corrected chi connectivity index (χ1v) is 3.66. The van der Waals surface area contributed by atoms with E-state index in [1.165, 1.54) is 0 Å². The average Bonchev–Trinajstić information content (AvgIpc) is 2.07. The van der Waals surface area contributed by atoms with E-state index in [1.54, 1.807) is 24.3 Å². The molecule has 0 atom stereocenters. The van der Waals surface area contributed by atoms with Gasteiger partial charge in [-0.1, -0.05) is 23.7 Å². The van der Waals surface area contributed by atoms with Gasteiger partial charge in [-0.25, -0.2) is 0 Å². The van der Waals surface area contributed by atoms with Crippen molar-refractivity contribution < 1.29 is 5.11 Å². The first kappa shape index (κ1) is 8.63. The third-order valence-corrected chi connectivity index (χ3v) is 1.62. The van der Waals surface area contributed by atoms with E-state index < -0.39 is 0 Å². The second-order valence-electron chi connectivity index (χ2n) is 2.16. The molecule has 12 heavy (non-hydrogen) atoms. The Kier molecular flexibility index (Phi) is 2.73. The molecule has 0 radical (unpaired) electrons. The van der Waals surface area contributed by atoms with Gasteiger partial charge >= 0.3 is 0 Å². The van der Waals surface area contributed by atoms with Gasteiger partial charge < -0.3 is 5.11 Å². The zero-order chi connectivity index (χ0) is 8.97. The monoisotopic (exact) mass is 179 g/mol. The van der Waals surface area contributed by atoms with E-state index >= 15 is 0 Å². The van der Waals surface area contributed by atoms with Crippen LogP contribution in [0.5, 0.6) is 0 Å². The third-order valence-electron chi connectivity index (χ3n) is 1.39. The number of nitriles is 1. The number of aliphatic hydroxyl groups is 1. The van der Waals surface area contributed by atoms with E-state index in [-0.39, 0.29) is 5.57 Å². The molecular formula is C9H6ClNO. The van der Waals surface area contributed by atoms with Crippen LogP contribution in [-0.4, -0.2) is 5.11 Å². The van der Waals surface area contributed by atoms with E-state index in [9.17, 15) is 0 Å². The number of hydrogen-bond donors (Lipinski definition) is 1. The lowest BCUT2D eigenvalue weighted by atomic mass is 10.1. The van der Waals surface area contributed by atoms with Gasteiger partial charge in [0.2, 0.25) is 0 Å². The minimum atomic E-state index is 0.206. The highest BCUT2D eigenvalue weighted by Crippen LogP contribution is 2.17. The number of halogens is 1. The number of hydrogen-bond acceptors (Lipinski definition) is 2. The molecule has 0 amide bonds. The number of nitrogens with zero attached hydrogens (tertiary/aromatic N) is 1. The van der Waals surface area contributed by atoms with E-state index in [1.807, 2.05) is 6.07 Å². The summed E-state index contributed by atoms with van der Waals surface area (Å²) in [4.78, 5) is 0. The zero-order valence-electron chi connectivity index (χ0n) is 6.16. The smallest absolute Gasteiger partial charge is 0.103 e. The molecule has 0 bridgehead atoms. The molecule has 0 spiro atoms. The Morgan fingerprint density at radius 2 is 2.33 bits per heavy atom. The van der Waals surface area contributed by atoms with Crippen molar-refractivity contribution in [3.63, 3.8) is 0 Å². The maximum absolute atomic E-state index is 8.64. The summed E-state index contributed by atoms with van der Waals surface area (Å²) in [7, 11) is 0. The van der Waals surface area contributed by atoms with E-state index in [2.05, 4.69) is 0 Å². The summed E-state index contributed by atoms with van der Waals surface area (Å²) in [6.45, 7) is 0. The highest BCUT2D eigenvalue weighted by molar-refractivity contribution is 6.30. The molecule has 0 aliphatic heterocycles. The lowest BCUT2D eigenvalue weighted by molar-refractivity contribution is 0.476. The maximum atomic E-state index is 8.64. The zero-order valence-corrected chi connectivity index (χ0v) is 6.92. The molecule has 0 aliphatic rings. The van der Waals surface area contributed by atoms with E-state index in [4.69, 9.17) is 22.0 Å². The molecule has 0 aromatic heterocycles. The normalized spacial score (nSPS) is 10.8. The molecule has 60 valence electrons. The van der Waals surface area contributed by atoms with Gasteiger partial charge in [-0.15, -0.1) is 0 Å². The molecule has 1 aromatic rings. The molecule has 3 heteroatoms. The number of aliphatic hydroxyl groups excluding tert-OH is 1. The van der Waals surface area contributed by atoms with Crippen molar-refractivity contribution in [1.82, 2.24) is 0 Å². The molecule has 1 N–H and O–H groups in total. The largest absolute Gasteiger partial charge is 0.514 e. The molecule has 0 saturated carbocycles. The average molecular weight is 180 g/mol. The first-order chi connectivity index (χ1) is 5.77. The van der Waals surface area contributed by atoms with Crippen molar-refractivity contribution in [1.29, 1.82) is 5.26 Å². The van der Waals surface area contributed by atoms with Crippen molar-refractivity contribution >= 4 is 17.2 Å². The van der Waals surface area contributed by atoms with Crippen LogP contribution in [0.1, 0.15) is 5.56 Å². The molecule has 0 saturated heterocycles. The van der Waals surface area contributed by atoms with Gasteiger partial charge in [-0.3, -0.25) is 0 Å². The fourth-order valence-electron chi connectivity index (χ4n) is 0.824. The van der Waals surface area contributed by atoms with Gasteiger partial charge in [0, 0.05) is 5.02 Å². The van der Waals surface area contributed by atoms with Crippen LogP contribution >= 0.6 is 11.6 Å². The van der Waals surface area contributed by atoms with Crippen LogP contribution in [0.2, 0.25) is 5.02 Å². The summed E-state index contributed by atoms with van der Waals surface area (Å²) in [6, 6.07) is 8.60. The van der Waals surface area contributed by atoms with Crippen LogP contribution in [0.15, 0.2) is 30.5 Å². The molecule has 0 fully saturated rings. The highest BCUT2D eigenvalue weighted by Gasteiger charge is 1.99. The summed E-state index contributed by atoms with van der Waals surface area (Å²) in [5, 5.41) is 17.7. The van der Waals surface area contributed by atoms with Gasteiger partial charge in [0.05, 0.1) is 11.8 Å². The van der Waals surface area contributed by atoms with Crippen LogP contribution in [0.25, 0.3) is 5.57 Å². The number of allylic oxidation sites excluding steroid dienone is 1. The summed E-state index contributed by atoms with van der Waals surface area (Å²) in [6.07, 6.45) is 0.770. The van der Waals surface area contributed by atoms with Crippen molar-refractivity contribution in [3.8, 4) is 6.07 Å². The number of benzene rings is 1. The van der Waals surface area contributed by atoms with Gasteiger partial charge in [-0.2, -0.15) is 5.26 Å². The lowest BCUT2D eigenvalue weighted by Crippen LogP contribution is -1.80. The van der Waals surface area contributed by atoms with Crippen molar-refractivity contribution in [2.24, 2.45) is 0 Å². The number of rotatable bonds is 1. The topological polar surface area (TPSA) is 44.0 Å². The van der Waals surface area contributed by atoms with Crippen LogP contribution in [0.3, 0.4) is 0 Å². The fraction of sp³-hybridized carbons (Fsp3) is 0. The third kappa shape index (κ3) is 1.77. The minimum absolute atomic E-state index is 0.206. The van der Waals surface area contributed by atoms with Crippen LogP contribution in [0.4, 0.5) is 0 Å². The highest BCUT2D eigenvalue weighted by atomic mass is 35.5. The van der Waals surface area contributed by atoms with Crippen LogP contribution in [0, 0.1) is 11.3 Å². The van der Waals surface area contributed by atoms with Crippen LogP contribution in [-0.2, 0) is 0 Å². The molecule has 2 nitrogen and oxygen atoms in total. The quantitative estimate of drug-likeness (QED) is 0.532. The standard InChI is InChI=1S/C9H6ClNO/c10-9-3-1-2-7(4-9)8(5-11)6-12/h1-4,6,12H/b8-6-. The predicted molar refractivity (Wildman–Crippen MR) is 47.7 cm³/mol. The van der Waals surface area contributed by atoms with Gasteiger partial charge in [0.1, 0.15) is 6.07 Å². The maximum Gasteiger partial charge on any atom is 0.103 e. The molecule has 0 heterocycles. The molecule has 1 rings (SSSR count). The predicted octanol–water partition coefficient (Wildman–Crippen LogP) is 2.76. The summed E-state index contributed by atoms with van der Waals surface area (Å²) in [5.41, 5.74) is 0.824. The fourth-order valence-corrected chi connectivity index (χ4v) is 1.01. The van der Waals surface area contributed by atoms with Gasteiger partial charge in [0.25, 0.3) is 0 Å². The van der Waals surface area contributed by atoms with Crippen LogP contribution < -0.4 is 0 Å². The first-order valence-electron chi connectivity index (χ1n) is 3.28.